The molecule has 1 aliphatic carbocycles. The number of fused-ring (bicyclic) bond motifs is 3. The molecule has 1 N–H and O–H groups in total. The molecule has 182 valence electrons. The molecule has 1 fully saturated rings. The van der Waals surface area contributed by atoms with Gasteiger partial charge in [-0.05, 0) is 84.6 Å². The van der Waals surface area contributed by atoms with Crippen LogP contribution in [-0.2, 0) is 6.42 Å². The summed E-state index contributed by atoms with van der Waals surface area (Å²) in [7, 11) is 0. The highest BCUT2D eigenvalue weighted by Gasteiger charge is 2.34. The minimum absolute atomic E-state index is 0. The Hall–Kier alpha value is -2.01. The fourth-order valence-corrected chi connectivity index (χ4v) is 6.11. The Morgan fingerprint density at radius 1 is 1.12 bits per heavy atom. The Kier molecular flexibility index (Phi) is 7.33. The Balaban J connectivity index is 0.00000274. The van der Waals surface area contributed by atoms with Crippen LogP contribution in [0.15, 0.2) is 48.0 Å². The van der Waals surface area contributed by atoms with Gasteiger partial charge < -0.3 is 10.0 Å². The minimum atomic E-state index is -0.843. The fourth-order valence-electron chi connectivity index (χ4n) is 5.98. The van der Waals surface area contributed by atoms with E-state index in [1.807, 2.05) is 24.3 Å². The average molecular weight is 501 g/mol. The monoisotopic (exact) mass is 500 g/mol. The second kappa shape index (κ2) is 9.93. The van der Waals surface area contributed by atoms with Gasteiger partial charge in [0.1, 0.15) is 0 Å². The number of aryl methyl sites for hydroxylation is 1. The molecule has 0 radical (unpaired) electrons. The zero-order valence-electron chi connectivity index (χ0n) is 20.0. The van der Waals surface area contributed by atoms with Gasteiger partial charge in [0.05, 0.1) is 5.56 Å². The molecule has 0 spiro atoms. The third-order valence-corrected chi connectivity index (χ3v) is 7.98. The molecular weight excluding hydrogens is 467 g/mol. The van der Waals surface area contributed by atoms with Crippen molar-refractivity contribution >= 4 is 41.2 Å². The normalized spacial score (nSPS) is 22.0. The molecule has 2 aliphatic heterocycles. The van der Waals surface area contributed by atoms with E-state index < -0.39 is 5.97 Å². The summed E-state index contributed by atoms with van der Waals surface area (Å²) in [6, 6.07) is 14.5. The van der Waals surface area contributed by atoms with Gasteiger partial charge in [-0.25, -0.2) is 4.79 Å². The first kappa shape index (κ1) is 25.1. The SMILES string of the molecule is CC1(C)CCC(c2ccc(Cl)cc2)=C(CN2CCN3c4ccc(C(=O)O)cc4CC[C@@H]3C2)C1.Cl. The maximum atomic E-state index is 11.4. The third kappa shape index (κ3) is 5.15. The van der Waals surface area contributed by atoms with Crippen LogP contribution in [0.3, 0.4) is 0 Å². The minimum Gasteiger partial charge on any atom is -0.478 e. The highest BCUT2D eigenvalue weighted by atomic mass is 35.5. The number of aromatic carboxylic acids is 1. The molecule has 5 rings (SSSR count). The number of anilines is 1. The third-order valence-electron chi connectivity index (χ3n) is 7.73. The summed E-state index contributed by atoms with van der Waals surface area (Å²) in [5.41, 5.74) is 7.58. The lowest BCUT2D eigenvalue weighted by Crippen LogP contribution is -2.55. The number of hydrogen-bond acceptors (Lipinski definition) is 3. The summed E-state index contributed by atoms with van der Waals surface area (Å²) in [4.78, 5) is 16.5. The average Bonchev–Trinajstić information content (AvgIpc) is 2.79. The zero-order chi connectivity index (χ0) is 23.2. The van der Waals surface area contributed by atoms with Gasteiger partial charge in [-0.15, -0.1) is 12.4 Å². The van der Waals surface area contributed by atoms with Crippen LogP contribution in [0.4, 0.5) is 5.69 Å². The van der Waals surface area contributed by atoms with Crippen LogP contribution < -0.4 is 4.90 Å². The predicted octanol–water partition coefficient (Wildman–Crippen LogP) is 6.56. The summed E-state index contributed by atoms with van der Waals surface area (Å²) >= 11 is 6.15. The maximum absolute atomic E-state index is 11.4. The van der Waals surface area contributed by atoms with Crippen molar-refractivity contribution in [3.63, 3.8) is 0 Å². The van der Waals surface area contributed by atoms with Gasteiger partial charge in [-0.2, -0.15) is 0 Å². The molecular formula is C28H34Cl2N2O2. The smallest absolute Gasteiger partial charge is 0.335 e. The van der Waals surface area contributed by atoms with Crippen LogP contribution in [0.5, 0.6) is 0 Å². The van der Waals surface area contributed by atoms with Crippen LogP contribution in [0.25, 0.3) is 5.57 Å². The standard InChI is InChI=1S/C28H33ClN2O2.ClH/c1-28(2)12-11-25(19-3-7-23(29)8-4-19)22(16-28)17-30-13-14-31-24(18-30)9-5-20-15-21(27(32)33)6-10-26(20)31;/h3-4,6-8,10,15,24H,5,9,11-14,16-18H2,1-2H3,(H,32,33);1H/t24-;/m1./s1. The van der Waals surface area contributed by atoms with E-state index in [9.17, 15) is 9.90 Å². The van der Waals surface area contributed by atoms with Crippen molar-refractivity contribution in [2.45, 2.75) is 52.0 Å². The first-order valence-corrected chi connectivity index (χ1v) is 12.5. The van der Waals surface area contributed by atoms with E-state index >= 15 is 0 Å². The lowest BCUT2D eigenvalue weighted by Gasteiger charge is -2.47. The van der Waals surface area contributed by atoms with Gasteiger partial charge in [0.25, 0.3) is 0 Å². The van der Waals surface area contributed by atoms with Gasteiger partial charge in [0, 0.05) is 42.9 Å². The Labute approximate surface area is 214 Å². The van der Waals surface area contributed by atoms with E-state index in [0.717, 1.165) is 56.9 Å². The first-order valence-electron chi connectivity index (χ1n) is 12.1. The van der Waals surface area contributed by atoms with Crippen molar-refractivity contribution < 1.29 is 9.90 Å². The molecule has 6 heteroatoms. The Morgan fingerprint density at radius 3 is 2.62 bits per heavy atom. The summed E-state index contributed by atoms with van der Waals surface area (Å²) in [6.07, 6.45) is 5.54. The van der Waals surface area contributed by atoms with Crippen molar-refractivity contribution in [1.82, 2.24) is 4.90 Å². The van der Waals surface area contributed by atoms with E-state index in [0.29, 0.717) is 17.0 Å². The second-order valence-electron chi connectivity index (χ2n) is 10.7. The molecule has 4 nitrogen and oxygen atoms in total. The van der Waals surface area contributed by atoms with Gasteiger partial charge in [-0.3, -0.25) is 4.90 Å². The molecule has 0 bridgehead atoms. The van der Waals surface area contributed by atoms with Crippen molar-refractivity contribution in [1.29, 1.82) is 0 Å². The van der Waals surface area contributed by atoms with E-state index in [4.69, 9.17) is 11.6 Å². The van der Waals surface area contributed by atoms with Gasteiger partial charge in [-0.1, -0.05) is 43.2 Å². The molecule has 2 aromatic rings. The Morgan fingerprint density at radius 2 is 1.88 bits per heavy atom. The molecule has 2 aromatic carbocycles. The predicted molar refractivity (Wildman–Crippen MR) is 143 cm³/mol. The number of benzene rings is 2. The summed E-state index contributed by atoms with van der Waals surface area (Å²) in [6.45, 7) is 8.93. The number of piperazine rings is 1. The van der Waals surface area contributed by atoms with Gasteiger partial charge >= 0.3 is 5.97 Å². The van der Waals surface area contributed by atoms with Crippen molar-refractivity contribution in [3.05, 3.63) is 69.8 Å². The second-order valence-corrected chi connectivity index (χ2v) is 11.1. The number of nitrogens with zero attached hydrogens (tertiary/aromatic N) is 2. The molecule has 0 saturated carbocycles. The highest BCUT2D eigenvalue weighted by Crippen LogP contribution is 2.43. The number of rotatable bonds is 4. The fraction of sp³-hybridized carbons (Fsp3) is 0.464. The molecule has 2 heterocycles. The molecule has 0 unspecified atom stereocenters. The molecule has 0 amide bonds. The molecule has 0 aromatic heterocycles. The van der Waals surface area contributed by atoms with Crippen molar-refractivity contribution in [3.8, 4) is 0 Å². The molecule has 1 saturated heterocycles. The maximum Gasteiger partial charge on any atom is 0.335 e. The number of halogens is 2. The highest BCUT2D eigenvalue weighted by molar-refractivity contribution is 6.30. The van der Waals surface area contributed by atoms with Gasteiger partial charge in [0.15, 0.2) is 0 Å². The molecule has 3 aliphatic rings. The number of hydrogen-bond donors (Lipinski definition) is 1. The van der Waals surface area contributed by atoms with E-state index in [1.165, 1.54) is 28.8 Å². The van der Waals surface area contributed by atoms with E-state index in [-0.39, 0.29) is 12.4 Å². The number of carboxylic acid groups (broad SMARTS) is 1. The first-order chi connectivity index (χ1) is 15.8. The number of carbonyl (C=O) groups is 1. The van der Waals surface area contributed by atoms with Crippen LogP contribution in [0.2, 0.25) is 5.02 Å². The van der Waals surface area contributed by atoms with Crippen molar-refractivity contribution in [2.24, 2.45) is 5.41 Å². The van der Waals surface area contributed by atoms with Crippen molar-refractivity contribution in [2.75, 3.05) is 31.1 Å². The quantitative estimate of drug-likeness (QED) is 0.515. The van der Waals surface area contributed by atoms with Gasteiger partial charge in [0.2, 0.25) is 0 Å². The lowest BCUT2D eigenvalue weighted by molar-refractivity contribution is 0.0696. The molecule has 1 atom stereocenters. The zero-order valence-corrected chi connectivity index (χ0v) is 21.6. The topological polar surface area (TPSA) is 43.8 Å². The largest absolute Gasteiger partial charge is 0.478 e. The van der Waals surface area contributed by atoms with Crippen LogP contribution >= 0.6 is 24.0 Å². The summed E-state index contributed by atoms with van der Waals surface area (Å²) in [5, 5.41) is 10.1. The Bertz CT molecular complexity index is 1090. The summed E-state index contributed by atoms with van der Waals surface area (Å²) < 4.78 is 0. The lowest BCUT2D eigenvalue weighted by atomic mass is 9.72. The van der Waals surface area contributed by atoms with Crippen LogP contribution in [0.1, 0.15) is 61.0 Å². The molecule has 34 heavy (non-hydrogen) atoms. The van der Waals surface area contributed by atoms with Crippen LogP contribution in [0, 0.1) is 5.41 Å². The van der Waals surface area contributed by atoms with E-state index in [2.05, 4.69) is 35.8 Å². The summed E-state index contributed by atoms with van der Waals surface area (Å²) in [5.74, 6) is -0.843. The van der Waals surface area contributed by atoms with Crippen LogP contribution in [-0.4, -0.2) is 48.2 Å². The number of allylic oxidation sites excluding steroid dienone is 1. The van der Waals surface area contributed by atoms with E-state index in [1.54, 1.807) is 11.6 Å². The number of carboxylic acids is 1.